The van der Waals surface area contributed by atoms with Crippen molar-refractivity contribution in [1.82, 2.24) is 10.6 Å². The van der Waals surface area contributed by atoms with E-state index >= 15 is 0 Å². The first kappa shape index (κ1) is 14.2. The lowest BCUT2D eigenvalue weighted by atomic mass is 9.97. The summed E-state index contributed by atoms with van der Waals surface area (Å²) in [5, 5.41) is 6.16. The first-order chi connectivity index (χ1) is 10.3. The van der Waals surface area contributed by atoms with Gasteiger partial charge in [0.1, 0.15) is 0 Å². The monoisotopic (exact) mass is 284 g/mol. The van der Waals surface area contributed by atoms with Gasteiger partial charge in [-0.1, -0.05) is 42.0 Å². The van der Waals surface area contributed by atoms with E-state index in [1.807, 2.05) is 18.2 Å². The van der Waals surface area contributed by atoms with Crippen LogP contribution in [0.15, 0.2) is 42.0 Å². The second-order valence-electron chi connectivity index (χ2n) is 6.19. The molecule has 112 valence electrons. The fourth-order valence-corrected chi connectivity index (χ4v) is 3.10. The zero-order valence-corrected chi connectivity index (χ0v) is 12.5. The highest BCUT2D eigenvalue weighted by Crippen LogP contribution is 2.45. The average Bonchev–Trinajstić information content (AvgIpc) is 3.30. The maximum atomic E-state index is 12.1. The first-order valence-corrected chi connectivity index (χ1v) is 8.08. The van der Waals surface area contributed by atoms with E-state index < -0.39 is 0 Å². The van der Waals surface area contributed by atoms with Crippen molar-refractivity contribution in [3.8, 4) is 0 Å². The van der Waals surface area contributed by atoms with Crippen molar-refractivity contribution < 1.29 is 4.79 Å². The summed E-state index contributed by atoms with van der Waals surface area (Å²) in [6.45, 7) is 0.739. The highest BCUT2D eigenvalue weighted by molar-refractivity contribution is 5.75. The fourth-order valence-electron chi connectivity index (χ4n) is 3.10. The molecule has 3 heteroatoms. The summed E-state index contributed by atoms with van der Waals surface area (Å²) >= 11 is 0. The molecule has 1 fully saturated rings. The number of carbonyl (C=O) groups is 1. The highest BCUT2D eigenvalue weighted by Gasteiger charge is 2.45. The largest absolute Gasteiger partial charge is 0.338 e. The molecule has 0 bridgehead atoms. The van der Waals surface area contributed by atoms with E-state index in [0.29, 0.717) is 0 Å². The van der Waals surface area contributed by atoms with E-state index in [4.69, 9.17) is 0 Å². The lowest BCUT2D eigenvalue weighted by molar-refractivity contribution is 0.236. The Morgan fingerprint density at radius 1 is 1.14 bits per heavy atom. The topological polar surface area (TPSA) is 41.1 Å². The molecule has 0 heterocycles. The van der Waals surface area contributed by atoms with Gasteiger partial charge in [0.2, 0.25) is 0 Å². The van der Waals surface area contributed by atoms with E-state index in [9.17, 15) is 4.79 Å². The number of rotatable bonds is 5. The number of hydrogen-bond donors (Lipinski definition) is 2. The van der Waals surface area contributed by atoms with Crippen LogP contribution < -0.4 is 10.6 Å². The molecule has 2 N–H and O–H groups in total. The first-order valence-electron chi connectivity index (χ1n) is 8.08. The zero-order chi connectivity index (χ0) is 14.5. The number of hydrogen-bond acceptors (Lipinski definition) is 1. The van der Waals surface area contributed by atoms with Gasteiger partial charge >= 0.3 is 6.03 Å². The van der Waals surface area contributed by atoms with E-state index in [1.54, 1.807) is 0 Å². The highest BCUT2D eigenvalue weighted by atomic mass is 16.2. The van der Waals surface area contributed by atoms with Gasteiger partial charge in [-0.25, -0.2) is 4.79 Å². The number of urea groups is 1. The summed E-state index contributed by atoms with van der Waals surface area (Å²) in [6, 6.07) is 10.2. The van der Waals surface area contributed by atoms with E-state index in [1.165, 1.54) is 36.8 Å². The maximum absolute atomic E-state index is 12.1. The summed E-state index contributed by atoms with van der Waals surface area (Å²) in [4.78, 5) is 12.1. The molecule has 0 aromatic heterocycles. The third-order valence-electron chi connectivity index (χ3n) is 4.55. The van der Waals surface area contributed by atoms with Gasteiger partial charge in [0.25, 0.3) is 0 Å². The van der Waals surface area contributed by atoms with E-state index in [-0.39, 0.29) is 11.6 Å². The van der Waals surface area contributed by atoms with E-state index in [2.05, 4.69) is 28.8 Å². The molecule has 3 rings (SSSR count). The smallest absolute Gasteiger partial charge is 0.315 e. The average molecular weight is 284 g/mol. The van der Waals surface area contributed by atoms with Gasteiger partial charge in [0.05, 0.1) is 5.54 Å². The molecule has 2 amide bonds. The van der Waals surface area contributed by atoms with Gasteiger partial charge < -0.3 is 10.6 Å². The quantitative estimate of drug-likeness (QED) is 0.792. The van der Waals surface area contributed by atoms with Crippen molar-refractivity contribution in [2.45, 2.75) is 50.5 Å². The number of benzene rings is 1. The van der Waals surface area contributed by atoms with Crippen molar-refractivity contribution in [2.24, 2.45) is 0 Å². The summed E-state index contributed by atoms with van der Waals surface area (Å²) in [5.74, 6) is 0. The minimum atomic E-state index is -0.116. The Kier molecular flexibility index (Phi) is 4.28. The normalized spacial score (nSPS) is 19.5. The Labute approximate surface area is 126 Å². The van der Waals surface area contributed by atoms with Crippen molar-refractivity contribution >= 4 is 6.03 Å². The number of allylic oxidation sites excluding steroid dienone is 1. The Bertz CT molecular complexity index is 517. The van der Waals surface area contributed by atoms with Gasteiger partial charge in [0.15, 0.2) is 0 Å². The van der Waals surface area contributed by atoms with Crippen LogP contribution in [-0.4, -0.2) is 12.6 Å². The van der Waals surface area contributed by atoms with Gasteiger partial charge in [-0.3, -0.25) is 0 Å². The minimum Gasteiger partial charge on any atom is -0.338 e. The summed E-state index contributed by atoms with van der Waals surface area (Å²) in [7, 11) is 0. The van der Waals surface area contributed by atoms with Crippen LogP contribution in [0.3, 0.4) is 0 Å². The number of nitrogens with one attached hydrogen (secondary N) is 2. The third-order valence-corrected chi connectivity index (χ3v) is 4.55. The minimum absolute atomic E-state index is 0.0345. The van der Waals surface area contributed by atoms with E-state index in [0.717, 1.165) is 25.8 Å². The molecule has 1 saturated carbocycles. The molecular formula is C18H24N2O. The standard InChI is InChI=1S/C18H24N2O/c21-17(19-14-11-15-7-3-1-4-8-15)20-18(12-13-18)16-9-5-2-6-10-16/h2,5-7,9-10H,1,3-4,8,11-14H2,(H2,19,20,21). The maximum Gasteiger partial charge on any atom is 0.315 e. The van der Waals surface area contributed by atoms with Crippen molar-refractivity contribution in [1.29, 1.82) is 0 Å². The van der Waals surface area contributed by atoms with Crippen LogP contribution in [-0.2, 0) is 5.54 Å². The lowest BCUT2D eigenvalue weighted by Crippen LogP contribution is -2.42. The number of carbonyl (C=O) groups excluding carboxylic acids is 1. The zero-order valence-electron chi connectivity index (χ0n) is 12.5. The van der Waals surface area contributed by atoms with Gasteiger partial charge in [-0.15, -0.1) is 0 Å². The van der Waals surface area contributed by atoms with Crippen molar-refractivity contribution in [3.05, 3.63) is 47.5 Å². The molecule has 3 nitrogen and oxygen atoms in total. The Morgan fingerprint density at radius 3 is 2.62 bits per heavy atom. The fraction of sp³-hybridized carbons (Fsp3) is 0.500. The summed E-state index contributed by atoms with van der Waals surface area (Å²) in [5.41, 5.74) is 2.61. The number of amides is 2. The molecule has 0 aliphatic heterocycles. The predicted molar refractivity (Wildman–Crippen MR) is 85.1 cm³/mol. The Balaban J connectivity index is 1.45. The van der Waals surface area contributed by atoms with Crippen LogP contribution in [0.25, 0.3) is 0 Å². The molecule has 0 atom stereocenters. The third kappa shape index (κ3) is 3.66. The molecule has 1 aromatic carbocycles. The molecule has 0 spiro atoms. The van der Waals surface area contributed by atoms with Crippen LogP contribution in [0.4, 0.5) is 4.79 Å². The molecule has 0 unspecified atom stereocenters. The Morgan fingerprint density at radius 2 is 1.95 bits per heavy atom. The van der Waals surface area contributed by atoms with Crippen molar-refractivity contribution in [3.63, 3.8) is 0 Å². The second kappa shape index (κ2) is 6.33. The van der Waals surface area contributed by atoms with Crippen LogP contribution in [0, 0.1) is 0 Å². The van der Waals surface area contributed by atoms with Gasteiger partial charge in [-0.05, 0) is 50.5 Å². The Hall–Kier alpha value is -1.77. The molecule has 1 aromatic rings. The summed E-state index contributed by atoms with van der Waals surface area (Å²) in [6.07, 6.45) is 10.4. The van der Waals surface area contributed by atoms with Crippen LogP contribution in [0.1, 0.15) is 50.5 Å². The van der Waals surface area contributed by atoms with Crippen molar-refractivity contribution in [2.75, 3.05) is 6.54 Å². The van der Waals surface area contributed by atoms with Gasteiger partial charge in [0, 0.05) is 6.54 Å². The van der Waals surface area contributed by atoms with Crippen LogP contribution in [0.2, 0.25) is 0 Å². The molecule has 21 heavy (non-hydrogen) atoms. The predicted octanol–water partition coefficient (Wildman–Crippen LogP) is 3.87. The van der Waals surface area contributed by atoms with Crippen LogP contribution >= 0.6 is 0 Å². The summed E-state index contributed by atoms with van der Waals surface area (Å²) < 4.78 is 0. The molecule has 0 radical (unpaired) electrons. The molecular weight excluding hydrogens is 260 g/mol. The van der Waals surface area contributed by atoms with Gasteiger partial charge in [-0.2, -0.15) is 0 Å². The lowest BCUT2D eigenvalue weighted by Gasteiger charge is -2.19. The van der Waals surface area contributed by atoms with Crippen LogP contribution in [0.5, 0.6) is 0 Å². The molecule has 2 aliphatic carbocycles. The molecule has 0 saturated heterocycles. The molecule has 2 aliphatic rings. The SMILES string of the molecule is O=C(NCCC1=CCCCC1)NC1(c2ccccc2)CC1. The second-order valence-corrected chi connectivity index (χ2v) is 6.19.